The monoisotopic (exact) mass is 374 g/mol. The lowest BCUT2D eigenvalue weighted by atomic mass is 9.84. The minimum absolute atomic E-state index is 0.0794. The lowest BCUT2D eigenvalue weighted by Gasteiger charge is -2.41. The Kier molecular flexibility index (Phi) is 4.92. The maximum Gasteiger partial charge on any atom is 0.186 e. The summed E-state index contributed by atoms with van der Waals surface area (Å²) in [5.74, 6) is 12.9. The molecule has 28 heavy (non-hydrogen) atoms. The molecular weight excluding hydrogens is 348 g/mol. The zero-order chi connectivity index (χ0) is 19.6. The van der Waals surface area contributed by atoms with Gasteiger partial charge in [0.25, 0.3) is 0 Å². The van der Waals surface area contributed by atoms with Crippen LogP contribution in [0.2, 0.25) is 0 Å². The molecule has 1 aromatic rings. The molecule has 3 heterocycles. The van der Waals surface area contributed by atoms with Crippen LogP contribution in [-0.2, 0) is 21.7 Å². The Morgan fingerprint density at radius 1 is 1.11 bits per heavy atom. The van der Waals surface area contributed by atoms with Crippen LogP contribution < -0.4 is 5.32 Å². The fourth-order valence-corrected chi connectivity index (χ4v) is 4.49. The van der Waals surface area contributed by atoms with Gasteiger partial charge in [-0.05, 0) is 37.8 Å². The maximum atomic E-state index is 12.8. The van der Waals surface area contributed by atoms with Crippen molar-refractivity contribution in [3.05, 3.63) is 47.3 Å². The molecule has 1 spiro atoms. The molecule has 3 aliphatic rings. The van der Waals surface area contributed by atoms with Gasteiger partial charge in [-0.25, -0.2) is 0 Å². The zero-order valence-electron chi connectivity index (χ0n) is 16.6. The number of ether oxygens (including phenoxy) is 1. The second kappa shape index (κ2) is 7.38. The summed E-state index contributed by atoms with van der Waals surface area (Å²) in [6, 6.07) is 8.53. The molecule has 144 valence electrons. The topological polar surface area (TPSA) is 41.6 Å². The molecule has 0 aliphatic carbocycles. The van der Waals surface area contributed by atoms with Crippen molar-refractivity contribution in [2.45, 2.75) is 57.3 Å². The molecule has 1 aromatic carbocycles. The van der Waals surface area contributed by atoms with Crippen molar-refractivity contribution in [2.75, 3.05) is 13.1 Å². The number of rotatable bonds is 3. The van der Waals surface area contributed by atoms with Crippen LogP contribution in [0.1, 0.15) is 50.7 Å². The molecular formula is C24H26N2O2. The highest BCUT2D eigenvalue weighted by Crippen LogP contribution is 2.44. The van der Waals surface area contributed by atoms with E-state index in [4.69, 9.17) is 4.74 Å². The molecule has 3 aliphatic heterocycles. The van der Waals surface area contributed by atoms with Gasteiger partial charge >= 0.3 is 0 Å². The third kappa shape index (κ3) is 3.09. The van der Waals surface area contributed by atoms with Crippen molar-refractivity contribution < 1.29 is 9.53 Å². The van der Waals surface area contributed by atoms with Crippen LogP contribution in [0.4, 0.5) is 0 Å². The normalized spacial score (nSPS) is 21.1. The van der Waals surface area contributed by atoms with Crippen LogP contribution in [0.3, 0.4) is 0 Å². The molecule has 0 atom stereocenters. The van der Waals surface area contributed by atoms with Gasteiger partial charge in [0.05, 0.1) is 12.2 Å². The number of hydrogen-bond donors (Lipinski definition) is 1. The standard InChI is InChI=1S/C24H26N2O2/c1-3-5-11-23(12-6-4-2)21(27)17-22(25-23)26-15-13-24(14-16-26)20-10-8-7-9-19(20)18-28-24/h7-10,17,25H,11-16,18H2,1-2H3. The van der Waals surface area contributed by atoms with E-state index in [0.717, 1.165) is 31.8 Å². The number of piperidine rings is 1. The largest absolute Gasteiger partial charge is 0.365 e. The van der Waals surface area contributed by atoms with Crippen LogP contribution in [0.5, 0.6) is 0 Å². The maximum absolute atomic E-state index is 12.8. The number of likely N-dealkylation sites (tertiary alicyclic amines) is 1. The number of carbonyl (C=O) groups excluding carboxylic acids is 1. The predicted octanol–water partition coefficient (Wildman–Crippen LogP) is 3.09. The molecule has 4 nitrogen and oxygen atoms in total. The Bertz CT molecular complexity index is 909. The Morgan fingerprint density at radius 3 is 2.46 bits per heavy atom. The van der Waals surface area contributed by atoms with Crippen LogP contribution in [0.25, 0.3) is 0 Å². The smallest absolute Gasteiger partial charge is 0.186 e. The molecule has 1 N–H and O–H groups in total. The van der Waals surface area contributed by atoms with Gasteiger partial charge in [-0.3, -0.25) is 4.79 Å². The van der Waals surface area contributed by atoms with E-state index < -0.39 is 5.54 Å². The summed E-state index contributed by atoms with van der Waals surface area (Å²) < 4.78 is 6.26. The summed E-state index contributed by atoms with van der Waals surface area (Å²) in [4.78, 5) is 15.1. The zero-order valence-corrected chi connectivity index (χ0v) is 16.6. The predicted molar refractivity (Wildman–Crippen MR) is 109 cm³/mol. The molecule has 1 saturated heterocycles. The summed E-state index contributed by atoms with van der Waals surface area (Å²) in [5.41, 5.74) is 1.76. The van der Waals surface area contributed by atoms with Crippen LogP contribution in [0, 0.1) is 23.7 Å². The summed E-state index contributed by atoms with van der Waals surface area (Å²) in [7, 11) is 0. The summed E-state index contributed by atoms with van der Waals surface area (Å²) in [6.45, 7) is 6.02. The minimum Gasteiger partial charge on any atom is -0.365 e. The first kappa shape index (κ1) is 18.7. The lowest BCUT2D eigenvalue weighted by molar-refractivity contribution is -0.119. The number of hydrogen-bond acceptors (Lipinski definition) is 4. The van der Waals surface area contributed by atoms with Gasteiger partial charge in [0.2, 0.25) is 0 Å². The first-order valence-electron chi connectivity index (χ1n) is 9.93. The van der Waals surface area contributed by atoms with Crippen molar-refractivity contribution >= 4 is 5.78 Å². The van der Waals surface area contributed by atoms with Gasteiger partial charge < -0.3 is 15.0 Å². The fourth-order valence-electron chi connectivity index (χ4n) is 4.49. The Labute approximate surface area is 167 Å². The van der Waals surface area contributed by atoms with E-state index in [-0.39, 0.29) is 11.4 Å². The molecule has 0 aromatic heterocycles. The molecule has 4 rings (SSSR count). The van der Waals surface area contributed by atoms with Crippen molar-refractivity contribution in [3.63, 3.8) is 0 Å². The number of carbonyl (C=O) groups is 1. The molecule has 0 bridgehead atoms. The molecule has 0 radical (unpaired) electrons. The Morgan fingerprint density at radius 2 is 1.79 bits per heavy atom. The number of nitrogens with one attached hydrogen (secondary N) is 1. The van der Waals surface area contributed by atoms with Gasteiger partial charge in [0, 0.05) is 32.0 Å². The van der Waals surface area contributed by atoms with E-state index >= 15 is 0 Å². The van der Waals surface area contributed by atoms with Gasteiger partial charge in [0.15, 0.2) is 5.78 Å². The van der Waals surface area contributed by atoms with E-state index in [1.165, 1.54) is 11.1 Å². The van der Waals surface area contributed by atoms with Gasteiger partial charge in [-0.1, -0.05) is 24.3 Å². The molecule has 0 unspecified atom stereocenters. The SMILES string of the molecule is CC#CCC1(CC#CC)NC(N2CCC3(CC2)OCc2ccccc23)=CC1=O. The van der Waals surface area contributed by atoms with Crippen LogP contribution >= 0.6 is 0 Å². The van der Waals surface area contributed by atoms with Crippen molar-refractivity contribution in [3.8, 4) is 23.7 Å². The van der Waals surface area contributed by atoms with Crippen molar-refractivity contribution in [2.24, 2.45) is 0 Å². The van der Waals surface area contributed by atoms with Crippen LogP contribution in [-0.4, -0.2) is 29.3 Å². The average Bonchev–Trinajstić information content (AvgIpc) is 3.25. The summed E-state index contributed by atoms with van der Waals surface area (Å²) in [5, 5.41) is 3.48. The first-order chi connectivity index (χ1) is 13.6. The van der Waals surface area contributed by atoms with Crippen LogP contribution in [0.15, 0.2) is 36.2 Å². The number of fused-ring (bicyclic) bond motifs is 2. The Balaban J connectivity index is 1.48. The van der Waals surface area contributed by atoms with E-state index in [0.29, 0.717) is 19.4 Å². The van der Waals surface area contributed by atoms with E-state index in [1.807, 2.05) is 0 Å². The van der Waals surface area contributed by atoms with E-state index in [1.54, 1.807) is 19.9 Å². The van der Waals surface area contributed by atoms with Crippen molar-refractivity contribution in [1.29, 1.82) is 0 Å². The first-order valence-corrected chi connectivity index (χ1v) is 9.93. The minimum atomic E-state index is -0.715. The molecule has 0 saturated carbocycles. The average molecular weight is 374 g/mol. The van der Waals surface area contributed by atoms with Crippen molar-refractivity contribution in [1.82, 2.24) is 10.2 Å². The van der Waals surface area contributed by atoms with Gasteiger partial charge in [-0.2, -0.15) is 0 Å². The number of ketones is 1. The van der Waals surface area contributed by atoms with E-state index in [9.17, 15) is 4.79 Å². The number of benzene rings is 1. The highest BCUT2D eigenvalue weighted by Gasteiger charge is 2.46. The third-order valence-corrected chi connectivity index (χ3v) is 6.16. The second-order valence-corrected chi connectivity index (χ2v) is 7.74. The third-order valence-electron chi connectivity index (χ3n) is 6.16. The Hall–Kier alpha value is -2.69. The molecule has 4 heteroatoms. The number of nitrogens with zero attached hydrogens (tertiary/aromatic N) is 1. The second-order valence-electron chi connectivity index (χ2n) is 7.74. The lowest BCUT2D eigenvalue weighted by Crippen LogP contribution is -2.50. The van der Waals surface area contributed by atoms with Gasteiger partial charge in [0.1, 0.15) is 11.4 Å². The quantitative estimate of drug-likeness (QED) is 0.826. The fraction of sp³-hybridized carbons (Fsp3) is 0.458. The highest BCUT2D eigenvalue weighted by atomic mass is 16.5. The summed E-state index contributed by atoms with van der Waals surface area (Å²) >= 11 is 0. The summed E-state index contributed by atoms with van der Waals surface area (Å²) in [6.07, 6.45) is 4.55. The molecule has 0 amide bonds. The molecule has 1 fully saturated rings. The van der Waals surface area contributed by atoms with E-state index in [2.05, 4.69) is 58.2 Å². The highest BCUT2D eigenvalue weighted by molar-refractivity contribution is 6.01. The van der Waals surface area contributed by atoms with Gasteiger partial charge in [-0.15, -0.1) is 23.7 Å².